The zero-order chi connectivity index (χ0) is 20.1. The Morgan fingerprint density at radius 3 is 2.61 bits per heavy atom. The highest BCUT2D eigenvalue weighted by atomic mass is 19.1. The lowest BCUT2D eigenvalue weighted by molar-refractivity contribution is -0.136. The van der Waals surface area contributed by atoms with Gasteiger partial charge in [-0.25, -0.2) is 9.37 Å². The monoisotopic (exact) mass is 379 g/mol. The number of carbonyl (C=O) groups excluding carboxylic acids is 1. The molecule has 3 rings (SSSR count). The minimum absolute atomic E-state index is 0.126. The van der Waals surface area contributed by atoms with Gasteiger partial charge in [-0.3, -0.25) is 9.59 Å². The van der Waals surface area contributed by atoms with Gasteiger partial charge in [-0.15, -0.1) is 0 Å². The number of para-hydroxylation sites is 1. The van der Waals surface area contributed by atoms with E-state index in [1.54, 1.807) is 42.5 Å². The highest BCUT2D eigenvalue weighted by molar-refractivity contribution is 6.03. The molecule has 0 radical (unpaired) electrons. The van der Waals surface area contributed by atoms with Crippen molar-refractivity contribution >= 4 is 17.6 Å². The van der Waals surface area contributed by atoms with Crippen LogP contribution in [0, 0.1) is 5.82 Å². The largest absolute Gasteiger partial charge is 0.481 e. The molecule has 0 fully saturated rings. The van der Waals surface area contributed by atoms with Crippen molar-refractivity contribution in [1.29, 1.82) is 0 Å². The second kappa shape index (κ2) is 8.41. The molecule has 7 heteroatoms. The molecule has 0 aliphatic rings. The fourth-order valence-electron chi connectivity index (χ4n) is 2.78. The van der Waals surface area contributed by atoms with Crippen molar-refractivity contribution < 1.29 is 19.1 Å². The average Bonchev–Trinajstić information content (AvgIpc) is 2.68. The van der Waals surface area contributed by atoms with Gasteiger partial charge >= 0.3 is 5.97 Å². The third kappa shape index (κ3) is 4.57. The van der Waals surface area contributed by atoms with Crippen molar-refractivity contribution in [2.75, 3.05) is 5.32 Å². The number of nitrogens with two attached hydrogens (primary N) is 1. The van der Waals surface area contributed by atoms with Crippen LogP contribution in [0.1, 0.15) is 21.6 Å². The van der Waals surface area contributed by atoms with E-state index in [0.29, 0.717) is 28.1 Å². The van der Waals surface area contributed by atoms with E-state index in [9.17, 15) is 14.0 Å². The Kier molecular flexibility index (Phi) is 5.76. The third-order valence-corrected chi connectivity index (χ3v) is 4.08. The van der Waals surface area contributed by atoms with Crippen LogP contribution in [0.5, 0.6) is 0 Å². The Bertz CT molecular complexity index is 1040. The van der Waals surface area contributed by atoms with Crippen LogP contribution >= 0.6 is 0 Å². The molecule has 2 aromatic carbocycles. The van der Waals surface area contributed by atoms with Gasteiger partial charge in [0.05, 0.1) is 12.1 Å². The highest BCUT2D eigenvalue weighted by Gasteiger charge is 2.13. The molecule has 0 bridgehead atoms. The van der Waals surface area contributed by atoms with Crippen LogP contribution in [0.2, 0.25) is 0 Å². The lowest BCUT2D eigenvalue weighted by Gasteiger charge is -2.10. The fraction of sp³-hybridized carbons (Fsp3) is 0.0952. The predicted molar refractivity (Wildman–Crippen MR) is 103 cm³/mol. The first-order valence-corrected chi connectivity index (χ1v) is 8.54. The number of pyridine rings is 1. The summed E-state index contributed by atoms with van der Waals surface area (Å²) in [5, 5.41) is 11.7. The molecule has 6 nitrogen and oxygen atoms in total. The minimum atomic E-state index is -0.997. The van der Waals surface area contributed by atoms with Crippen molar-refractivity contribution in [1.82, 2.24) is 4.98 Å². The van der Waals surface area contributed by atoms with Gasteiger partial charge in [-0.2, -0.15) is 0 Å². The van der Waals surface area contributed by atoms with Crippen LogP contribution in [-0.4, -0.2) is 22.0 Å². The van der Waals surface area contributed by atoms with E-state index < -0.39 is 17.7 Å². The molecule has 4 N–H and O–H groups in total. The number of amides is 1. The number of anilines is 1. The standard InChI is InChI=1S/C21H18FN3O3/c22-16-9-13(12-23)8-15(10-16)18-6-3-7-19(24-18)21(28)25-17-5-2-1-4-14(17)11-20(26)27/h1-10H,11-12,23H2,(H,25,28)(H,26,27). The smallest absolute Gasteiger partial charge is 0.307 e. The Morgan fingerprint density at radius 2 is 1.86 bits per heavy atom. The van der Waals surface area contributed by atoms with Crippen molar-refractivity contribution in [3.05, 3.63) is 83.3 Å². The van der Waals surface area contributed by atoms with Crippen LogP contribution in [-0.2, 0) is 17.8 Å². The molecule has 0 unspecified atom stereocenters. The van der Waals surface area contributed by atoms with Crippen molar-refractivity contribution in [3.8, 4) is 11.3 Å². The number of rotatable bonds is 6. The molecule has 1 amide bonds. The summed E-state index contributed by atoms with van der Waals surface area (Å²) < 4.78 is 13.8. The van der Waals surface area contributed by atoms with Crippen LogP contribution in [0.4, 0.5) is 10.1 Å². The lowest BCUT2D eigenvalue weighted by atomic mass is 10.1. The second-order valence-electron chi connectivity index (χ2n) is 6.14. The summed E-state index contributed by atoms with van der Waals surface area (Å²) in [6, 6.07) is 15.9. The van der Waals surface area contributed by atoms with Gasteiger partial charge in [-0.05, 0) is 47.5 Å². The molecule has 0 aliphatic heterocycles. The number of hydrogen-bond donors (Lipinski definition) is 3. The first-order valence-electron chi connectivity index (χ1n) is 8.54. The van der Waals surface area contributed by atoms with E-state index >= 15 is 0 Å². The normalized spacial score (nSPS) is 10.5. The van der Waals surface area contributed by atoms with Gasteiger partial charge in [0, 0.05) is 17.8 Å². The second-order valence-corrected chi connectivity index (χ2v) is 6.14. The first-order chi connectivity index (χ1) is 13.5. The summed E-state index contributed by atoms with van der Waals surface area (Å²) in [5.74, 6) is -1.92. The van der Waals surface area contributed by atoms with Gasteiger partial charge in [0.1, 0.15) is 11.5 Å². The van der Waals surface area contributed by atoms with E-state index in [-0.39, 0.29) is 18.7 Å². The molecule has 0 spiro atoms. The summed E-state index contributed by atoms with van der Waals surface area (Å²) in [7, 11) is 0. The van der Waals surface area contributed by atoms with Gasteiger partial charge in [0.25, 0.3) is 5.91 Å². The number of halogens is 1. The maximum absolute atomic E-state index is 13.8. The number of carboxylic acid groups (broad SMARTS) is 1. The number of nitrogens with zero attached hydrogens (tertiary/aromatic N) is 1. The van der Waals surface area contributed by atoms with Crippen LogP contribution in [0.25, 0.3) is 11.3 Å². The number of hydrogen-bond acceptors (Lipinski definition) is 4. The van der Waals surface area contributed by atoms with Crippen molar-refractivity contribution in [3.63, 3.8) is 0 Å². The van der Waals surface area contributed by atoms with E-state index in [2.05, 4.69) is 10.3 Å². The number of carboxylic acids is 1. The van der Waals surface area contributed by atoms with Crippen molar-refractivity contribution in [2.45, 2.75) is 13.0 Å². The van der Waals surface area contributed by atoms with Crippen LogP contribution in [0.3, 0.4) is 0 Å². The van der Waals surface area contributed by atoms with E-state index in [1.165, 1.54) is 18.2 Å². The van der Waals surface area contributed by atoms with Gasteiger partial charge in [-0.1, -0.05) is 24.3 Å². The summed E-state index contributed by atoms with van der Waals surface area (Å²) in [6.07, 6.45) is -0.213. The Hall–Kier alpha value is -3.58. The molecule has 0 saturated heterocycles. The summed E-state index contributed by atoms with van der Waals surface area (Å²) in [4.78, 5) is 27.9. The van der Waals surface area contributed by atoms with E-state index in [0.717, 1.165) is 0 Å². The molecule has 0 atom stereocenters. The molecular formula is C21H18FN3O3. The Morgan fingerprint density at radius 1 is 1.07 bits per heavy atom. The van der Waals surface area contributed by atoms with Crippen LogP contribution < -0.4 is 11.1 Å². The molecular weight excluding hydrogens is 361 g/mol. The van der Waals surface area contributed by atoms with E-state index in [4.69, 9.17) is 10.8 Å². The van der Waals surface area contributed by atoms with E-state index in [1.807, 2.05) is 0 Å². The number of benzene rings is 2. The number of aliphatic carboxylic acids is 1. The van der Waals surface area contributed by atoms with Gasteiger partial charge in [0.2, 0.25) is 0 Å². The number of nitrogens with one attached hydrogen (secondary N) is 1. The molecule has 1 heterocycles. The Labute approximate surface area is 160 Å². The summed E-state index contributed by atoms with van der Waals surface area (Å²) in [5.41, 5.74) is 8.16. The topological polar surface area (TPSA) is 105 Å². The molecule has 142 valence electrons. The molecule has 28 heavy (non-hydrogen) atoms. The minimum Gasteiger partial charge on any atom is -0.481 e. The highest BCUT2D eigenvalue weighted by Crippen LogP contribution is 2.22. The first kappa shape index (κ1) is 19.2. The summed E-state index contributed by atoms with van der Waals surface area (Å²) >= 11 is 0. The SMILES string of the molecule is NCc1cc(F)cc(-c2cccc(C(=O)Nc3ccccc3CC(=O)O)n2)c1. The number of aromatic nitrogens is 1. The quantitative estimate of drug-likeness (QED) is 0.610. The number of carbonyl (C=O) groups is 2. The van der Waals surface area contributed by atoms with Gasteiger partial charge in [0.15, 0.2) is 0 Å². The third-order valence-electron chi connectivity index (χ3n) is 4.08. The Balaban J connectivity index is 1.88. The predicted octanol–water partition coefficient (Wildman–Crippen LogP) is 3.23. The lowest BCUT2D eigenvalue weighted by Crippen LogP contribution is -2.16. The molecule has 1 aromatic heterocycles. The maximum atomic E-state index is 13.8. The molecule has 0 saturated carbocycles. The zero-order valence-corrected chi connectivity index (χ0v) is 14.9. The molecule has 0 aliphatic carbocycles. The van der Waals surface area contributed by atoms with Gasteiger partial charge < -0.3 is 16.2 Å². The maximum Gasteiger partial charge on any atom is 0.307 e. The zero-order valence-electron chi connectivity index (χ0n) is 14.9. The fourth-order valence-corrected chi connectivity index (χ4v) is 2.78. The molecule has 3 aromatic rings. The van der Waals surface area contributed by atoms with Crippen LogP contribution in [0.15, 0.2) is 60.7 Å². The summed E-state index contributed by atoms with van der Waals surface area (Å²) in [6.45, 7) is 0.186. The average molecular weight is 379 g/mol. The van der Waals surface area contributed by atoms with Crippen molar-refractivity contribution in [2.24, 2.45) is 5.73 Å².